The van der Waals surface area contributed by atoms with E-state index < -0.39 is 27.5 Å². The number of benzene rings is 2. The number of hydrogen-bond acceptors (Lipinski definition) is 5. The molecule has 0 spiro atoms. The van der Waals surface area contributed by atoms with Crippen LogP contribution in [0.4, 0.5) is 13.2 Å². The number of methoxy groups -OCH3 is 1. The van der Waals surface area contributed by atoms with Crippen molar-refractivity contribution < 1.29 is 26.3 Å². The number of hydrogen-bond donors (Lipinski definition) is 1. The zero-order valence-electron chi connectivity index (χ0n) is 14.8. The van der Waals surface area contributed by atoms with Crippen molar-refractivity contribution in [3.8, 4) is 28.8 Å². The average molecular weight is 422 g/mol. The van der Waals surface area contributed by atoms with Gasteiger partial charge in [0.05, 0.1) is 23.4 Å². The Kier molecular flexibility index (Phi) is 5.08. The molecular formula is C18H13F3N4O3S. The van der Waals surface area contributed by atoms with Gasteiger partial charge in [0.15, 0.2) is 5.69 Å². The van der Waals surface area contributed by atoms with Gasteiger partial charge in [0, 0.05) is 5.56 Å². The van der Waals surface area contributed by atoms with Crippen molar-refractivity contribution in [1.29, 1.82) is 5.26 Å². The van der Waals surface area contributed by atoms with Crippen LogP contribution < -0.4 is 9.88 Å². The van der Waals surface area contributed by atoms with E-state index in [-0.39, 0.29) is 16.3 Å². The van der Waals surface area contributed by atoms with E-state index in [4.69, 9.17) is 9.88 Å². The van der Waals surface area contributed by atoms with E-state index in [0.29, 0.717) is 11.3 Å². The second kappa shape index (κ2) is 7.23. The van der Waals surface area contributed by atoms with Gasteiger partial charge in [-0.05, 0) is 48.5 Å². The van der Waals surface area contributed by atoms with E-state index in [1.54, 1.807) is 6.07 Å². The van der Waals surface area contributed by atoms with Crippen LogP contribution in [-0.4, -0.2) is 25.3 Å². The van der Waals surface area contributed by atoms with Gasteiger partial charge in [0.1, 0.15) is 17.4 Å². The van der Waals surface area contributed by atoms with Crippen molar-refractivity contribution >= 4 is 10.0 Å². The smallest absolute Gasteiger partial charge is 0.436 e. The molecule has 0 saturated heterocycles. The molecule has 150 valence electrons. The first-order valence-electron chi connectivity index (χ1n) is 7.94. The fraction of sp³-hybridized carbons (Fsp3) is 0.111. The summed E-state index contributed by atoms with van der Waals surface area (Å²) in [5.41, 5.74) is -1.68. The van der Waals surface area contributed by atoms with E-state index in [1.165, 1.54) is 43.5 Å². The number of nitrogens with two attached hydrogens (primary N) is 1. The van der Waals surface area contributed by atoms with E-state index in [2.05, 4.69) is 5.10 Å². The molecule has 0 amide bonds. The first-order valence-corrected chi connectivity index (χ1v) is 9.49. The largest absolute Gasteiger partial charge is 0.497 e. The number of aromatic nitrogens is 2. The summed E-state index contributed by atoms with van der Waals surface area (Å²) in [5.74, 6) is 0.479. The van der Waals surface area contributed by atoms with Crippen LogP contribution >= 0.6 is 0 Å². The molecule has 11 heteroatoms. The first-order chi connectivity index (χ1) is 13.6. The molecule has 0 atom stereocenters. The molecule has 0 radical (unpaired) electrons. The summed E-state index contributed by atoms with van der Waals surface area (Å²) in [6.07, 6.45) is -4.86. The molecule has 0 saturated carbocycles. The lowest BCUT2D eigenvalue weighted by molar-refractivity contribution is -0.141. The van der Waals surface area contributed by atoms with Crippen molar-refractivity contribution in [2.45, 2.75) is 11.1 Å². The van der Waals surface area contributed by atoms with Crippen LogP contribution in [0.25, 0.3) is 16.9 Å². The Balaban J connectivity index is 2.28. The number of rotatable bonds is 4. The third-order valence-corrected chi connectivity index (χ3v) is 4.97. The Morgan fingerprint density at radius 1 is 1.10 bits per heavy atom. The summed E-state index contributed by atoms with van der Waals surface area (Å²) in [7, 11) is -2.54. The van der Waals surface area contributed by atoms with E-state index in [9.17, 15) is 26.9 Å². The van der Waals surface area contributed by atoms with Gasteiger partial charge in [-0.1, -0.05) is 0 Å². The maximum absolute atomic E-state index is 13.5. The van der Waals surface area contributed by atoms with Crippen LogP contribution in [0.1, 0.15) is 11.3 Å². The van der Waals surface area contributed by atoms with Gasteiger partial charge >= 0.3 is 6.18 Å². The van der Waals surface area contributed by atoms with Crippen LogP contribution in [0, 0.1) is 11.3 Å². The normalized spacial score (nSPS) is 11.9. The summed E-state index contributed by atoms with van der Waals surface area (Å²) >= 11 is 0. The Morgan fingerprint density at radius 2 is 1.69 bits per heavy atom. The highest BCUT2D eigenvalue weighted by atomic mass is 32.2. The van der Waals surface area contributed by atoms with Gasteiger partial charge in [-0.3, -0.25) is 0 Å². The molecule has 3 rings (SSSR count). The Bertz CT molecular complexity index is 1190. The molecule has 1 heterocycles. The number of ether oxygens (including phenoxy) is 1. The van der Waals surface area contributed by atoms with E-state index in [0.717, 1.165) is 16.8 Å². The van der Waals surface area contributed by atoms with Gasteiger partial charge in [0.2, 0.25) is 10.0 Å². The van der Waals surface area contributed by atoms with E-state index >= 15 is 0 Å². The van der Waals surface area contributed by atoms with Gasteiger partial charge < -0.3 is 4.74 Å². The summed E-state index contributed by atoms with van der Waals surface area (Å²) in [6.45, 7) is 0. The van der Waals surface area contributed by atoms with Crippen molar-refractivity contribution in [3.63, 3.8) is 0 Å². The van der Waals surface area contributed by atoms with Crippen molar-refractivity contribution in [3.05, 3.63) is 59.8 Å². The van der Waals surface area contributed by atoms with Gasteiger partial charge in [0.25, 0.3) is 0 Å². The van der Waals surface area contributed by atoms with Crippen molar-refractivity contribution in [1.82, 2.24) is 9.78 Å². The zero-order chi connectivity index (χ0) is 21.4. The average Bonchev–Trinajstić information content (AvgIpc) is 3.07. The van der Waals surface area contributed by atoms with Crippen molar-refractivity contribution in [2.75, 3.05) is 7.11 Å². The second-order valence-corrected chi connectivity index (χ2v) is 7.42. The molecule has 0 bridgehead atoms. The van der Waals surface area contributed by atoms with Crippen LogP contribution in [0.5, 0.6) is 5.75 Å². The molecule has 0 aliphatic heterocycles. The molecular weight excluding hydrogens is 409 g/mol. The highest BCUT2D eigenvalue weighted by Crippen LogP contribution is 2.37. The molecule has 3 aromatic rings. The maximum Gasteiger partial charge on any atom is 0.436 e. The second-order valence-electron chi connectivity index (χ2n) is 5.86. The molecule has 0 fully saturated rings. The monoisotopic (exact) mass is 422 g/mol. The van der Waals surface area contributed by atoms with Gasteiger partial charge in [-0.15, -0.1) is 0 Å². The predicted octanol–water partition coefficient (Wildman–Crippen LogP) is 3.09. The Morgan fingerprint density at radius 3 is 2.14 bits per heavy atom. The lowest BCUT2D eigenvalue weighted by atomic mass is 10.1. The minimum Gasteiger partial charge on any atom is -0.497 e. The Labute approximate surface area is 163 Å². The summed E-state index contributed by atoms with van der Waals surface area (Å²) in [5, 5.41) is 18.0. The zero-order valence-corrected chi connectivity index (χ0v) is 15.6. The van der Waals surface area contributed by atoms with Crippen LogP contribution in [-0.2, 0) is 16.2 Å². The van der Waals surface area contributed by atoms with Crippen LogP contribution in [0.15, 0.2) is 53.4 Å². The molecule has 0 aliphatic rings. The third kappa shape index (κ3) is 3.94. The molecule has 2 N–H and O–H groups in total. The highest BCUT2D eigenvalue weighted by Gasteiger charge is 2.40. The molecule has 7 nitrogen and oxygen atoms in total. The quantitative estimate of drug-likeness (QED) is 0.695. The first kappa shape index (κ1) is 20.4. The number of halogens is 3. The van der Waals surface area contributed by atoms with Gasteiger partial charge in [-0.25, -0.2) is 18.2 Å². The SMILES string of the molecule is COc1ccc(-c2c(C#N)c(C(F)(F)F)nn2-c2ccc(S(N)(=O)=O)cc2)cc1. The van der Waals surface area contributed by atoms with E-state index in [1.807, 2.05) is 0 Å². The molecule has 0 aliphatic carbocycles. The third-order valence-electron chi connectivity index (χ3n) is 4.04. The minimum atomic E-state index is -4.86. The standard InChI is InChI=1S/C18H13F3N4O3S/c1-28-13-6-2-11(3-7-13)16-15(10-22)17(18(19,20)21)24-25(16)12-4-8-14(9-5-12)29(23,26)27/h2-9H,1H3,(H2,23,26,27). The summed E-state index contributed by atoms with van der Waals surface area (Å²) in [4.78, 5) is -0.212. The molecule has 29 heavy (non-hydrogen) atoms. The van der Waals surface area contributed by atoms with Crippen LogP contribution in [0.3, 0.4) is 0 Å². The Hall–Kier alpha value is -3.36. The fourth-order valence-corrected chi connectivity index (χ4v) is 3.22. The predicted molar refractivity (Wildman–Crippen MR) is 96.6 cm³/mol. The number of alkyl halides is 3. The highest BCUT2D eigenvalue weighted by molar-refractivity contribution is 7.89. The number of primary sulfonamides is 1. The molecule has 1 aromatic heterocycles. The lowest BCUT2D eigenvalue weighted by Gasteiger charge is -2.09. The molecule has 2 aromatic carbocycles. The van der Waals surface area contributed by atoms with Crippen molar-refractivity contribution in [2.24, 2.45) is 5.14 Å². The van der Waals surface area contributed by atoms with Gasteiger partial charge in [-0.2, -0.15) is 23.5 Å². The number of nitriles is 1. The minimum absolute atomic E-state index is 0.0918. The lowest BCUT2D eigenvalue weighted by Crippen LogP contribution is -2.12. The molecule has 0 unspecified atom stereocenters. The maximum atomic E-state index is 13.5. The number of sulfonamides is 1. The fourth-order valence-electron chi connectivity index (χ4n) is 2.70. The number of nitrogens with zero attached hydrogens (tertiary/aromatic N) is 3. The summed E-state index contributed by atoms with van der Waals surface area (Å²) < 4.78 is 69.2. The topological polar surface area (TPSA) is 111 Å². The van der Waals surface area contributed by atoms with Crippen LogP contribution in [0.2, 0.25) is 0 Å². The summed E-state index contributed by atoms with van der Waals surface area (Å²) in [6, 6.07) is 12.4.